The lowest BCUT2D eigenvalue weighted by molar-refractivity contribution is -0.137. The second-order valence-corrected chi connectivity index (χ2v) is 8.32. The highest BCUT2D eigenvalue weighted by molar-refractivity contribution is 7.19. The molecule has 0 fully saturated rings. The molecule has 0 atom stereocenters. The maximum Gasteiger partial charge on any atom is 0.416 e. The highest BCUT2D eigenvalue weighted by Gasteiger charge is 2.30. The Kier molecular flexibility index (Phi) is 4.66. The molecule has 4 aromatic rings. The molecule has 0 bridgehead atoms. The van der Waals surface area contributed by atoms with Crippen LogP contribution in [0.4, 0.5) is 24.7 Å². The lowest BCUT2D eigenvalue weighted by Crippen LogP contribution is -2.06. The fourth-order valence-electron chi connectivity index (χ4n) is 3.78. The van der Waals surface area contributed by atoms with Crippen molar-refractivity contribution in [3.05, 3.63) is 64.8 Å². The number of pyridine rings is 1. The normalized spacial score (nSPS) is 14.0. The average Bonchev–Trinajstić information content (AvgIpc) is 3.13. The largest absolute Gasteiger partial charge is 0.416 e. The van der Waals surface area contributed by atoms with Crippen molar-refractivity contribution in [1.29, 1.82) is 0 Å². The van der Waals surface area contributed by atoms with E-state index >= 15 is 0 Å². The number of hydrogen-bond donors (Lipinski definition) is 1. The van der Waals surface area contributed by atoms with Gasteiger partial charge < -0.3 is 5.32 Å². The molecule has 0 amide bonds. The highest BCUT2D eigenvalue weighted by atomic mass is 32.1. The fourth-order valence-corrected chi connectivity index (χ4v) is 5.04. The van der Waals surface area contributed by atoms with Gasteiger partial charge in [0.15, 0.2) is 5.82 Å². The summed E-state index contributed by atoms with van der Waals surface area (Å²) in [5, 5.41) is 4.06. The third-order valence-corrected chi connectivity index (χ3v) is 6.37. The lowest BCUT2D eigenvalue weighted by Gasteiger charge is -2.14. The Morgan fingerprint density at radius 3 is 2.67 bits per heavy atom. The van der Waals surface area contributed by atoms with Gasteiger partial charge in [-0.1, -0.05) is 6.07 Å². The van der Waals surface area contributed by atoms with Crippen molar-refractivity contribution in [2.45, 2.75) is 31.9 Å². The molecule has 0 radical (unpaired) electrons. The zero-order chi connectivity index (χ0) is 20.7. The molecule has 0 aliphatic heterocycles. The lowest BCUT2D eigenvalue weighted by atomic mass is 9.97. The Morgan fingerprint density at radius 2 is 1.87 bits per heavy atom. The predicted octanol–water partition coefficient (Wildman–Crippen LogP) is 6.39. The maximum absolute atomic E-state index is 13.2. The molecule has 0 spiro atoms. The Morgan fingerprint density at radius 1 is 1.00 bits per heavy atom. The summed E-state index contributed by atoms with van der Waals surface area (Å²) >= 11 is 1.65. The van der Waals surface area contributed by atoms with E-state index in [4.69, 9.17) is 9.97 Å². The molecule has 3 heterocycles. The summed E-state index contributed by atoms with van der Waals surface area (Å²) in [7, 11) is 0. The summed E-state index contributed by atoms with van der Waals surface area (Å²) in [6.45, 7) is 0. The van der Waals surface area contributed by atoms with Crippen LogP contribution in [0.5, 0.6) is 0 Å². The van der Waals surface area contributed by atoms with Gasteiger partial charge in [0, 0.05) is 28.5 Å². The van der Waals surface area contributed by atoms with E-state index in [-0.39, 0.29) is 0 Å². The van der Waals surface area contributed by atoms with Crippen LogP contribution in [0, 0.1) is 0 Å². The summed E-state index contributed by atoms with van der Waals surface area (Å²) in [5.41, 5.74) is 1.63. The molecule has 8 heteroatoms. The molecular formula is C22H17F3N4S. The SMILES string of the molecule is FC(F)(F)c1cccc(Nc2nc(-c3cccnc3)nc3sc4c(c23)CCCC4)c1. The van der Waals surface area contributed by atoms with E-state index in [2.05, 4.69) is 10.3 Å². The van der Waals surface area contributed by atoms with E-state index in [0.717, 1.165) is 53.6 Å². The maximum atomic E-state index is 13.2. The molecule has 1 aliphatic carbocycles. The highest BCUT2D eigenvalue weighted by Crippen LogP contribution is 2.40. The number of rotatable bonds is 3. The number of hydrogen-bond acceptors (Lipinski definition) is 5. The van der Waals surface area contributed by atoms with Crippen LogP contribution in [-0.2, 0) is 19.0 Å². The first kappa shape index (κ1) is 19.0. The fraction of sp³-hybridized carbons (Fsp3) is 0.227. The quantitative estimate of drug-likeness (QED) is 0.412. The van der Waals surface area contributed by atoms with Gasteiger partial charge in [-0.05, 0) is 61.6 Å². The van der Waals surface area contributed by atoms with Gasteiger partial charge in [0.1, 0.15) is 10.6 Å². The van der Waals surface area contributed by atoms with Crippen LogP contribution >= 0.6 is 11.3 Å². The van der Waals surface area contributed by atoms with Crippen LogP contribution in [0.1, 0.15) is 28.8 Å². The van der Waals surface area contributed by atoms with Crippen LogP contribution in [0.3, 0.4) is 0 Å². The van der Waals surface area contributed by atoms with Gasteiger partial charge in [-0.3, -0.25) is 4.98 Å². The van der Waals surface area contributed by atoms with Crippen LogP contribution < -0.4 is 5.32 Å². The van der Waals surface area contributed by atoms with Crippen molar-refractivity contribution in [2.75, 3.05) is 5.32 Å². The van der Waals surface area contributed by atoms with Crippen molar-refractivity contribution < 1.29 is 13.2 Å². The third-order valence-electron chi connectivity index (χ3n) is 5.19. The molecule has 30 heavy (non-hydrogen) atoms. The first-order chi connectivity index (χ1) is 14.5. The van der Waals surface area contributed by atoms with Crippen LogP contribution in [-0.4, -0.2) is 15.0 Å². The number of nitrogens with one attached hydrogen (secondary N) is 1. The van der Waals surface area contributed by atoms with E-state index in [0.29, 0.717) is 17.3 Å². The molecule has 3 aromatic heterocycles. The van der Waals surface area contributed by atoms with Gasteiger partial charge in [0.05, 0.1) is 10.9 Å². The van der Waals surface area contributed by atoms with Crippen molar-refractivity contribution in [3.63, 3.8) is 0 Å². The topological polar surface area (TPSA) is 50.7 Å². The zero-order valence-corrected chi connectivity index (χ0v) is 16.6. The van der Waals surface area contributed by atoms with Gasteiger partial charge >= 0.3 is 6.18 Å². The summed E-state index contributed by atoms with van der Waals surface area (Å²) in [6, 6.07) is 8.86. The minimum absolute atomic E-state index is 0.345. The minimum Gasteiger partial charge on any atom is -0.340 e. The Hall–Kier alpha value is -3.00. The van der Waals surface area contributed by atoms with Crippen molar-refractivity contribution in [3.8, 4) is 11.4 Å². The van der Waals surface area contributed by atoms with E-state index in [1.807, 2.05) is 12.1 Å². The predicted molar refractivity (Wildman–Crippen MR) is 112 cm³/mol. The summed E-state index contributed by atoms with van der Waals surface area (Å²) in [6.07, 6.45) is 3.12. The van der Waals surface area contributed by atoms with Gasteiger partial charge in [0.25, 0.3) is 0 Å². The van der Waals surface area contributed by atoms with Gasteiger partial charge in [-0.25, -0.2) is 9.97 Å². The Labute approximate surface area is 174 Å². The van der Waals surface area contributed by atoms with E-state index in [1.54, 1.807) is 29.8 Å². The molecule has 4 nitrogen and oxygen atoms in total. The molecule has 152 valence electrons. The van der Waals surface area contributed by atoms with Crippen molar-refractivity contribution in [2.24, 2.45) is 0 Å². The minimum atomic E-state index is -4.40. The molecule has 1 N–H and O–H groups in total. The van der Waals surface area contributed by atoms with Crippen LogP contribution in [0.15, 0.2) is 48.8 Å². The number of thiophene rings is 1. The first-order valence-corrected chi connectivity index (χ1v) is 10.5. The number of fused-ring (bicyclic) bond motifs is 3. The van der Waals surface area contributed by atoms with Crippen molar-refractivity contribution in [1.82, 2.24) is 15.0 Å². The van der Waals surface area contributed by atoms with Gasteiger partial charge in [-0.15, -0.1) is 11.3 Å². The molecular weight excluding hydrogens is 409 g/mol. The number of benzene rings is 1. The molecule has 5 rings (SSSR count). The molecule has 0 unspecified atom stereocenters. The molecule has 0 saturated heterocycles. The van der Waals surface area contributed by atoms with E-state index < -0.39 is 11.7 Å². The monoisotopic (exact) mass is 426 g/mol. The number of aromatic nitrogens is 3. The molecule has 1 aromatic carbocycles. The molecule has 1 aliphatic rings. The number of nitrogens with zero attached hydrogens (tertiary/aromatic N) is 3. The summed E-state index contributed by atoms with van der Waals surface area (Å²) < 4.78 is 39.5. The Balaban J connectivity index is 1.66. The van der Waals surface area contributed by atoms with Crippen LogP contribution in [0.2, 0.25) is 0 Å². The van der Waals surface area contributed by atoms with E-state index in [9.17, 15) is 13.2 Å². The summed E-state index contributed by atoms with van der Waals surface area (Å²) in [5.74, 6) is 1.04. The second kappa shape index (κ2) is 7.36. The summed E-state index contributed by atoms with van der Waals surface area (Å²) in [4.78, 5) is 15.7. The zero-order valence-electron chi connectivity index (χ0n) is 15.8. The number of anilines is 2. The Bertz CT molecular complexity index is 1220. The number of alkyl halides is 3. The van der Waals surface area contributed by atoms with Crippen LogP contribution in [0.25, 0.3) is 21.6 Å². The smallest absolute Gasteiger partial charge is 0.340 e. The van der Waals surface area contributed by atoms with Crippen molar-refractivity contribution >= 4 is 33.1 Å². The number of aryl methyl sites for hydroxylation is 2. The van der Waals surface area contributed by atoms with Gasteiger partial charge in [0.2, 0.25) is 0 Å². The first-order valence-electron chi connectivity index (χ1n) is 9.66. The second-order valence-electron chi connectivity index (χ2n) is 7.23. The standard InChI is InChI=1S/C22H17F3N4S/c23-22(24,25)14-6-3-7-15(11-14)27-20-18-16-8-1-2-9-17(16)30-21(18)29-19(28-20)13-5-4-10-26-12-13/h3-7,10-12H,1-2,8-9H2,(H,27,28,29). The average molecular weight is 426 g/mol. The van der Waals surface area contributed by atoms with E-state index in [1.165, 1.54) is 16.5 Å². The number of halogens is 3. The third kappa shape index (κ3) is 3.52. The van der Waals surface area contributed by atoms with Gasteiger partial charge in [-0.2, -0.15) is 13.2 Å². The molecule has 0 saturated carbocycles.